The van der Waals surface area contributed by atoms with Crippen molar-refractivity contribution in [1.82, 2.24) is 5.32 Å². The maximum atomic E-state index is 5.91. The summed E-state index contributed by atoms with van der Waals surface area (Å²) >= 11 is 0. The third kappa shape index (κ3) is 2.90. The van der Waals surface area contributed by atoms with Gasteiger partial charge in [-0.25, -0.2) is 0 Å². The van der Waals surface area contributed by atoms with Gasteiger partial charge < -0.3 is 10.1 Å². The summed E-state index contributed by atoms with van der Waals surface area (Å²) in [6.45, 7) is 4.10. The number of ether oxygens (including phenoxy) is 1. The predicted octanol–water partition coefficient (Wildman–Crippen LogP) is 3.91. The molecule has 1 aromatic rings. The number of fused-ring (bicyclic) bond motifs is 1. The van der Waals surface area contributed by atoms with Gasteiger partial charge in [0.15, 0.2) is 0 Å². The van der Waals surface area contributed by atoms with Crippen LogP contribution >= 0.6 is 0 Å². The van der Waals surface area contributed by atoms with E-state index in [1.54, 1.807) is 11.1 Å². The van der Waals surface area contributed by atoms with Crippen molar-refractivity contribution in [3.8, 4) is 0 Å². The molecule has 20 heavy (non-hydrogen) atoms. The molecular formula is C18H25NO. The second-order valence-corrected chi connectivity index (χ2v) is 5.87. The Balaban J connectivity index is 1.86. The fourth-order valence-electron chi connectivity index (χ4n) is 3.22. The average molecular weight is 271 g/mol. The third-order valence-corrected chi connectivity index (χ3v) is 4.30. The van der Waals surface area contributed by atoms with Gasteiger partial charge in [0.2, 0.25) is 0 Å². The van der Waals surface area contributed by atoms with Gasteiger partial charge in [0.05, 0.1) is 12.6 Å². The molecule has 1 aliphatic heterocycles. The molecule has 0 aromatic heterocycles. The van der Waals surface area contributed by atoms with Crippen LogP contribution in [0.1, 0.15) is 55.3 Å². The lowest BCUT2D eigenvalue weighted by molar-refractivity contribution is 0.167. The van der Waals surface area contributed by atoms with Crippen molar-refractivity contribution in [2.45, 2.75) is 51.5 Å². The first-order valence-electron chi connectivity index (χ1n) is 8.06. The molecular weight excluding hydrogens is 246 g/mol. The van der Waals surface area contributed by atoms with Crippen molar-refractivity contribution in [3.63, 3.8) is 0 Å². The minimum Gasteiger partial charge on any atom is -0.496 e. The lowest BCUT2D eigenvalue weighted by atomic mass is 9.98. The number of allylic oxidation sites excluding steroid dienone is 1. The Bertz CT molecular complexity index is 492. The van der Waals surface area contributed by atoms with Crippen LogP contribution in [0.3, 0.4) is 0 Å². The molecule has 1 N–H and O–H groups in total. The van der Waals surface area contributed by atoms with Crippen LogP contribution in [0.2, 0.25) is 0 Å². The molecule has 0 saturated carbocycles. The van der Waals surface area contributed by atoms with E-state index in [0.717, 1.165) is 38.2 Å². The summed E-state index contributed by atoms with van der Waals surface area (Å²) < 4.78 is 5.91. The molecule has 1 aromatic carbocycles. The zero-order valence-electron chi connectivity index (χ0n) is 12.5. The molecule has 1 unspecified atom stereocenters. The smallest absolute Gasteiger partial charge is 0.113 e. The molecule has 2 heteroatoms. The molecule has 2 aliphatic rings. The van der Waals surface area contributed by atoms with Crippen LogP contribution in [0.4, 0.5) is 0 Å². The topological polar surface area (TPSA) is 21.3 Å². The predicted molar refractivity (Wildman–Crippen MR) is 82.8 cm³/mol. The summed E-state index contributed by atoms with van der Waals surface area (Å²) in [5.74, 6) is 1.13. The Labute approximate surface area is 122 Å². The van der Waals surface area contributed by atoms with Gasteiger partial charge in [-0.2, -0.15) is 0 Å². The monoisotopic (exact) mass is 271 g/mol. The van der Waals surface area contributed by atoms with Crippen molar-refractivity contribution in [3.05, 3.63) is 46.7 Å². The zero-order chi connectivity index (χ0) is 13.8. The molecule has 0 saturated heterocycles. The highest BCUT2D eigenvalue weighted by molar-refractivity contribution is 5.38. The van der Waals surface area contributed by atoms with Gasteiger partial charge in [0.1, 0.15) is 5.76 Å². The highest BCUT2D eigenvalue weighted by Crippen LogP contribution is 2.30. The highest BCUT2D eigenvalue weighted by atomic mass is 16.5. The van der Waals surface area contributed by atoms with Crippen LogP contribution in [0, 0.1) is 0 Å². The number of hydrogen-bond donors (Lipinski definition) is 1. The molecule has 0 fully saturated rings. The Hall–Kier alpha value is -1.28. The van der Waals surface area contributed by atoms with Crippen molar-refractivity contribution in [1.29, 1.82) is 0 Å². The lowest BCUT2D eigenvalue weighted by Crippen LogP contribution is -2.26. The van der Waals surface area contributed by atoms with Gasteiger partial charge in [0, 0.05) is 0 Å². The standard InChI is InChI=1S/C18H25NO/c1-2-11-19-18(17-8-3-4-12-20-17)16-10-9-14-6-5-7-15(14)13-16/h8-10,13,18-19H,2-7,11-12H2,1H3. The van der Waals surface area contributed by atoms with E-state index in [-0.39, 0.29) is 6.04 Å². The number of hydrogen-bond acceptors (Lipinski definition) is 2. The Morgan fingerprint density at radius 3 is 2.90 bits per heavy atom. The van der Waals surface area contributed by atoms with Gasteiger partial charge in [0.25, 0.3) is 0 Å². The minimum absolute atomic E-state index is 0.237. The van der Waals surface area contributed by atoms with Gasteiger partial charge in [-0.15, -0.1) is 0 Å². The number of aryl methyl sites for hydroxylation is 2. The second-order valence-electron chi connectivity index (χ2n) is 5.87. The van der Waals surface area contributed by atoms with Crippen LogP contribution in [0.5, 0.6) is 0 Å². The quantitative estimate of drug-likeness (QED) is 0.876. The molecule has 1 atom stereocenters. The van der Waals surface area contributed by atoms with Crippen LogP contribution in [0.25, 0.3) is 0 Å². The van der Waals surface area contributed by atoms with E-state index in [1.807, 2.05) is 0 Å². The van der Waals surface area contributed by atoms with Crippen molar-refractivity contribution in [2.24, 2.45) is 0 Å². The van der Waals surface area contributed by atoms with E-state index in [1.165, 1.54) is 24.8 Å². The van der Waals surface area contributed by atoms with Gasteiger partial charge in [-0.1, -0.05) is 25.1 Å². The maximum absolute atomic E-state index is 5.91. The van der Waals surface area contributed by atoms with Crippen LogP contribution < -0.4 is 5.32 Å². The number of nitrogens with one attached hydrogen (secondary N) is 1. The van der Waals surface area contributed by atoms with E-state index in [2.05, 4.69) is 36.5 Å². The Morgan fingerprint density at radius 2 is 2.10 bits per heavy atom. The number of benzene rings is 1. The minimum atomic E-state index is 0.237. The highest BCUT2D eigenvalue weighted by Gasteiger charge is 2.21. The fraction of sp³-hybridized carbons (Fsp3) is 0.556. The summed E-state index contributed by atoms with van der Waals surface area (Å²) in [6, 6.07) is 7.24. The molecule has 1 aliphatic carbocycles. The third-order valence-electron chi connectivity index (χ3n) is 4.30. The molecule has 0 radical (unpaired) electrons. The summed E-state index contributed by atoms with van der Waals surface area (Å²) in [6.07, 6.45) is 9.51. The summed E-state index contributed by atoms with van der Waals surface area (Å²) in [5.41, 5.74) is 4.45. The van der Waals surface area contributed by atoms with E-state index < -0.39 is 0 Å². The molecule has 3 rings (SSSR count). The summed E-state index contributed by atoms with van der Waals surface area (Å²) in [5, 5.41) is 3.65. The van der Waals surface area contributed by atoms with Gasteiger partial charge in [-0.05, 0) is 67.8 Å². The van der Waals surface area contributed by atoms with Gasteiger partial charge in [-0.3, -0.25) is 0 Å². The van der Waals surface area contributed by atoms with Crippen LogP contribution in [-0.4, -0.2) is 13.2 Å². The zero-order valence-corrected chi connectivity index (χ0v) is 12.5. The van der Waals surface area contributed by atoms with Crippen LogP contribution in [0.15, 0.2) is 30.0 Å². The maximum Gasteiger partial charge on any atom is 0.113 e. The van der Waals surface area contributed by atoms with Crippen molar-refractivity contribution < 1.29 is 4.74 Å². The second kappa shape index (κ2) is 6.45. The molecule has 1 heterocycles. The largest absolute Gasteiger partial charge is 0.496 e. The van der Waals surface area contributed by atoms with E-state index >= 15 is 0 Å². The first-order chi connectivity index (χ1) is 9.88. The SMILES string of the molecule is CCCNC(C1=CCCCO1)c1ccc2c(c1)CCC2. The molecule has 2 nitrogen and oxygen atoms in total. The summed E-state index contributed by atoms with van der Waals surface area (Å²) in [4.78, 5) is 0. The molecule has 0 spiro atoms. The summed E-state index contributed by atoms with van der Waals surface area (Å²) in [7, 11) is 0. The van der Waals surface area contributed by atoms with E-state index in [4.69, 9.17) is 4.74 Å². The Kier molecular flexibility index (Phi) is 4.41. The van der Waals surface area contributed by atoms with E-state index in [0.29, 0.717) is 0 Å². The van der Waals surface area contributed by atoms with E-state index in [9.17, 15) is 0 Å². The van der Waals surface area contributed by atoms with Crippen molar-refractivity contribution in [2.75, 3.05) is 13.2 Å². The average Bonchev–Trinajstić information content (AvgIpc) is 2.96. The first-order valence-corrected chi connectivity index (χ1v) is 8.06. The van der Waals surface area contributed by atoms with Crippen LogP contribution in [-0.2, 0) is 17.6 Å². The lowest BCUT2D eigenvalue weighted by Gasteiger charge is -2.25. The fourth-order valence-corrected chi connectivity index (χ4v) is 3.22. The molecule has 0 bridgehead atoms. The van der Waals surface area contributed by atoms with Crippen molar-refractivity contribution >= 4 is 0 Å². The Morgan fingerprint density at radius 1 is 1.20 bits per heavy atom. The first kappa shape index (κ1) is 13.7. The van der Waals surface area contributed by atoms with Gasteiger partial charge >= 0.3 is 0 Å². The normalized spacial score (nSPS) is 19.1. The molecule has 0 amide bonds. The molecule has 108 valence electrons. The number of rotatable bonds is 5.